The summed E-state index contributed by atoms with van der Waals surface area (Å²) in [4.78, 5) is 0. The van der Waals surface area contributed by atoms with E-state index in [0.29, 0.717) is 5.41 Å². The molecule has 3 aliphatic rings. The second-order valence-electron chi connectivity index (χ2n) is 8.39. The van der Waals surface area contributed by atoms with Crippen molar-refractivity contribution in [3.05, 3.63) is 23.8 Å². The van der Waals surface area contributed by atoms with Gasteiger partial charge in [0.2, 0.25) is 0 Å². The lowest BCUT2D eigenvalue weighted by Crippen LogP contribution is -2.19. The molecule has 112 valence electrons. The van der Waals surface area contributed by atoms with Gasteiger partial charge in [-0.3, -0.25) is 0 Å². The fraction of sp³-hybridized carbons (Fsp3) is 0.800. The van der Waals surface area contributed by atoms with Crippen molar-refractivity contribution in [3.63, 3.8) is 0 Å². The van der Waals surface area contributed by atoms with E-state index in [-0.39, 0.29) is 0 Å². The van der Waals surface area contributed by atoms with E-state index < -0.39 is 0 Å². The van der Waals surface area contributed by atoms with Gasteiger partial charge in [-0.05, 0) is 87.4 Å². The van der Waals surface area contributed by atoms with Gasteiger partial charge in [0, 0.05) is 0 Å². The third kappa shape index (κ3) is 2.20. The van der Waals surface area contributed by atoms with E-state index in [1.807, 2.05) is 0 Å². The summed E-state index contributed by atoms with van der Waals surface area (Å²) in [5.41, 5.74) is 3.72. The molecular formula is C20H32. The molecule has 0 nitrogen and oxygen atoms in total. The fourth-order valence-electron chi connectivity index (χ4n) is 5.77. The van der Waals surface area contributed by atoms with Crippen molar-refractivity contribution < 1.29 is 0 Å². The highest BCUT2D eigenvalue weighted by atomic mass is 14.7. The second kappa shape index (κ2) is 5.04. The molecule has 0 radical (unpaired) electrons. The molecule has 0 N–H and O–H groups in total. The maximum atomic E-state index is 4.43. The summed E-state index contributed by atoms with van der Waals surface area (Å²) in [6.07, 6.45) is 10.8. The summed E-state index contributed by atoms with van der Waals surface area (Å²) in [5.74, 6) is 4.78. The zero-order valence-corrected chi connectivity index (χ0v) is 13.9. The van der Waals surface area contributed by atoms with E-state index >= 15 is 0 Å². The van der Waals surface area contributed by atoms with Crippen LogP contribution in [0.1, 0.15) is 66.2 Å². The first-order valence-electron chi connectivity index (χ1n) is 8.76. The molecule has 20 heavy (non-hydrogen) atoms. The summed E-state index contributed by atoms with van der Waals surface area (Å²) < 4.78 is 0. The van der Waals surface area contributed by atoms with Crippen LogP contribution in [-0.4, -0.2) is 0 Å². The topological polar surface area (TPSA) is 0 Å². The lowest BCUT2D eigenvalue weighted by molar-refractivity contribution is 0.266. The Bertz CT molecular complexity index is 425. The van der Waals surface area contributed by atoms with E-state index in [2.05, 4.69) is 40.3 Å². The molecular weight excluding hydrogens is 240 g/mol. The number of fused-ring (bicyclic) bond motifs is 3. The largest absolute Gasteiger partial charge is 0.0996 e. The first-order chi connectivity index (χ1) is 9.45. The monoisotopic (exact) mass is 272 g/mol. The van der Waals surface area contributed by atoms with Crippen LogP contribution in [0.5, 0.6) is 0 Å². The SMILES string of the molecule is C=C1CC[C@@H]2[C@H]([C@@H]3[C@H](C)CC[C@H]13)[C@@]2(C)CCC=C(C)C. The van der Waals surface area contributed by atoms with Crippen LogP contribution in [0.2, 0.25) is 0 Å². The van der Waals surface area contributed by atoms with Gasteiger partial charge in [-0.15, -0.1) is 0 Å². The summed E-state index contributed by atoms with van der Waals surface area (Å²) >= 11 is 0. The van der Waals surface area contributed by atoms with Gasteiger partial charge >= 0.3 is 0 Å². The van der Waals surface area contributed by atoms with Gasteiger partial charge in [-0.1, -0.05) is 37.6 Å². The Labute approximate surface area is 125 Å². The lowest BCUT2D eigenvalue weighted by atomic mass is 9.78. The molecule has 0 aromatic carbocycles. The van der Waals surface area contributed by atoms with Crippen LogP contribution in [0, 0.1) is 35.0 Å². The molecule has 3 saturated carbocycles. The summed E-state index contributed by atoms with van der Waals surface area (Å²) in [7, 11) is 0. The third-order valence-electron chi connectivity index (χ3n) is 6.94. The van der Waals surface area contributed by atoms with Crippen molar-refractivity contribution in [3.8, 4) is 0 Å². The van der Waals surface area contributed by atoms with Gasteiger partial charge in [0.05, 0.1) is 0 Å². The molecule has 0 spiro atoms. The zero-order valence-electron chi connectivity index (χ0n) is 13.9. The number of hydrogen-bond donors (Lipinski definition) is 0. The Hall–Kier alpha value is -0.520. The first-order valence-corrected chi connectivity index (χ1v) is 8.76. The minimum absolute atomic E-state index is 0.647. The van der Waals surface area contributed by atoms with Gasteiger partial charge in [0.15, 0.2) is 0 Å². The molecule has 0 amide bonds. The predicted octanol–water partition coefficient (Wildman–Crippen LogP) is 6.00. The number of rotatable bonds is 3. The van der Waals surface area contributed by atoms with Crippen LogP contribution in [-0.2, 0) is 0 Å². The molecule has 0 heteroatoms. The third-order valence-corrected chi connectivity index (χ3v) is 6.94. The molecule has 0 unspecified atom stereocenters. The highest BCUT2D eigenvalue weighted by Crippen LogP contribution is 2.72. The van der Waals surface area contributed by atoms with Crippen molar-refractivity contribution in [2.24, 2.45) is 35.0 Å². The molecule has 0 aliphatic heterocycles. The van der Waals surface area contributed by atoms with E-state index in [0.717, 1.165) is 29.6 Å². The van der Waals surface area contributed by atoms with E-state index in [1.54, 1.807) is 5.57 Å². The fourth-order valence-corrected chi connectivity index (χ4v) is 5.77. The van der Waals surface area contributed by atoms with Crippen LogP contribution < -0.4 is 0 Å². The number of hydrogen-bond acceptors (Lipinski definition) is 0. The normalized spacial score (nSPS) is 46.4. The molecule has 0 heterocycles. The second-order valence-corrected chi connectivity index (χ2v) is 8.39. The van der Waals surface area contributed by atoms with Gasteiger partial charge in [-0.2, -0.15) is 0 Å². The van der Waals surface area contributed by atoms with Crippen molar-refractivity contribution in [2.45, 2.75) is 66.2 Å². The number of allylic oxidation sites excluding steroid dienone is 3. The maximum absolute atomic E-state index is 4.43. The van der Waals surface area contributed by atoms with Crippen LogP contribution in [0.15, 0.2) is 23.8 Å². The summed E-state index contributed by atoms with van der Waals surface area (Å²) in [6.45, 7) is 14.0. The minimum Gasteiger partial charge on any atom is -0.0996 e. The summed E-state index contributed by atoms with van der Waals surface area (Å²) in [6, 6.07) is 0. The van der Waals surface area contributed by atoms with Gasteiger partial charge in [0.25, 0.3) is 0 Å². The Morgan fingerprint density at radius 2 is 2.05 bits per heavy atom. The maximum Gasteiger partial charge on any atom is -0.0172 e. The van der Waals surface area contributed by atoms with Crippen molar-refractivity contribution in [1.82, 2.24) is 0 Å². The van der Waals surface area contributed by atoms with E-state index in [4.69, 9.17) is 0 Å². The lowest BCUT2D eigenvalue weighted by Gasteiger charge is -2.26. The molecule has 6 atom stereocenters. The molecule has 3 aliphatic carbocycles. The van der Waals surface area contributed by atoms with E-state index in [1.165, 1.54) is 44.1 Å². The average Bonchev–Trinajstić information content (AvgIpc) is 2.81. The standard InChI is InChI=1S/C20H32/c1-13(2)7-6-12-20(5)17-11-9-14(3)16-10-8-15(4)18(16)19(17)20/h7,15-19H,3,6,8-12H2,1-2,4-5H3/t15-,16-,17-,18-,19-,20+/m1/s1. The van der Waals surface area contributed by atoms with Crippen molar-refractivity contribution >= 4 is 0 Å². The van der Waals surface area contributed by atoms with Crippen molar-refractivity contribution in [1.29, 1.82) is 0 Å². The quantitative estimate of drug-likeness (QED) is 0.553. The molecule has 0 aromatic rings. The van der Waals surface area contributed by atoms with Crippen LogP contribution in [0.25, 0.3) is 0 Å². The van der Waals surface area contributed by atoms with Crippen LogP contribution >= 0.6 is 0 Å². The van der Waals surface area contributed by atoms with E-state index in [9.17, 15) is 0 Å². The van der Waals surface area contributed by atoms with Gasteiger partial charge < -0.3 is 0 Å². The first kappa shape index (κ1) is 14.4. The highest BCUT2D eigenvalue weighted by molar-refractivity contribution is 5.21. The zero-order chi connectivity index (χ0) is 14.5. The predicted molar refractivity (Wildman–Crippen MR) is 87.5 cm³/mol. The molecule has 3 rings (SSSR count). The van der Waals surface area contributed by atoms with Crippen molar-refractivity contribution in [2.75, 3.05) is 0 Å². The molecule has 3 fully saturated rings. The molecule has 0 bridgehead atoms. The van der Waals surface area contributed by atoms with Gasteiger partial charge in [-0.25, -0.2) is 0 Å². The Balaban J connectivity index is 1.75. The minimum atomic E-state index is 0.647. The smallest absolute Gasteiger partial charge is 0.0172 e. The molecule has 0 saturated heterocycles. The molecule has 0 aromatic heterocycles. The van der Waals surface area contributed by atoms with Crippen LogP contribution in [0.3, 0.4) is 0 Å². The summed E-state index contributed by atoms with van der Waals surface area (Å²) in [5, 5.41) is 0. The average molecular weight is 272 g/mol. The van der Waals surface area contributed by atoms with Gasteiger partial charge in [0.1, 0.15) is 0 Å². The highest BCUT2D eigenvalue weighted by Gasteiger charge is 2.65. The Morgan fingerprint density at radius 1 is 1.30 bits per heavy atom. The Kier molecular flexibility index (Phi) is 3.63. The Morgan fingerprint density at radius 3 is 2.75 bits per heavy atom. The van der Waals surface area contributed by atoms with Crippen LogP contribution in [0.4, 0.5) is 0 Å².